The van der Waals surface area contributed by atoms with Crippen LogP contribution in [0.3, 0.4) is 0 Å². The summed E-state index contributed by atoms with van der Waals surface area (Å²) in [7, 11) is 0. The van der Waals surface area contributed by atoms with E-state index in [-0.39, 0.29) is 0 Å². The van der Waals surface area contributed by atoms with Crippen molar-refractivity contribution in [2.45, 2.75) is 52.1 Å². The second kappa shape index (κ2) is 4.13. The second-order valence-electron chi connectivity index (χ2n) is 5.69. The molecule has 94 valence electrons. The lowest BCUT2D eigenvalue weighted by molar-refractivity contribution is 0.250. The third-order valence-corrected chi connectivity index (χ3v) is 4.66. The largest absolute Gasteiger partial charge is 0.332 e. The van der Waals surface area contributed by atoms with Gasteiger partial charge in [0.2, 0.25) is 0 Å². The van der Waals surface area contributed by atoms with Crippen LogP contribution >= 0.6 is 0 Å². The van der Waals surface area contributed by atoms with E-state index >= 15 is 0 Å². The maximum Gasteiger partial charge on any atom is 0.101 e. The Balaban J connectivity index is 1.82. The van der Waals surface area contributed by atoms with Crippen molar-refractivity contribution in [2.75, 3.05) is 19.6 Å². The van der Waals surface area contributed by atoms with Crippen LogP contribution in [0.15, 0.2) is 16.3 Å². The van der Waals surface area contributed by atoms with Crippen LogP contribution in [0.2, 0.25) is 0 Å². The van der Waals surface area contributed by atoms with Crippen molar-refractivity contribution in [1.82, 2.24) is 9.80 Å². The fraction of sp³-hybridized carbons (Fsp3) is 0.786. The Morgan fingerprint density at radius 2 is 1.88 bits per heavy atom. The first-order valence-corrected chi connectivity index (χ1v) is 6.92. The molecule has 3 heteroatoms. The molecule has 2 fully saturated rings. The third kappa shape index (κ3) is 1.81. The quantitative estimate of drug-likeness (QED) is 0.692. The van der Waals surface area contributed by atoms with Gasteiger partial charge in [0, 0.05) is 24.7 Å². The van der Waals surface area contributed by atoms with Gasteiger partial charge in [0.1, 0.15) is 5.84 Å². The van der Waals surface area contributed by atoms with Crippen LogP contribution in [0.4, 0.5) is 0 Å². The molecule has 0 bridgehead atoms. The lowest BCUT2D eigenvalue weighted by atomic mass is 10.0. The van der Waals surface area contributed by atoms with Crippen LogP contribution < -0.4 is 0 Å². The van der Waals surface area contributed by atoms with Crippen molar-refractivity contribution in [3.05, 3.63) is 11.3 Å². The molecule has 0 saturated carbocycles. The molecule has 0 aromatic rings. The van der Waals surface area contributed by atoms with Gasteiger partial charge in [0.05, 0.1) is 6.04 Å². The summed E-state index contributed by atoms with van der Waals surface area (Å²) < 4.78 is 0. The Labute approximate surface area is 104 Å². The maximum absolute atomic E-state index is 4.73. The number of rotatable bonds is 1. The molecular formula is C14H23N3. The fourth-order valence-electron chi connectivity index (χ4n) is 3.46. The summed E-state index contributed by atoms with van der Waals surface area (Å²) in [5.41, 5.74) is 3.04. The highest BCUT2D eigenvalue weighted by atomic mass is 15.3. The molecule has 0 amide bonds. The van der Waals surface area contributed by atoms with E-state index in [2.05, 4.69) is 30.6 Å². The number of likely N-dealkylation sites (tertiary alicyclic amines) is 1. The van der Waals surface area contributed by atoms with Gasteiger partial charge >= 0.3 is 0 Å². The average Bonchev–Trinajstić information content (AvgIpc) is 2.94. The second-order valence-corrected chi connectivity index (χ2v) is 5.69. The average molecular weight is 233 g/mol. The SMILES string of the molecule is CC1=NC(C)C(C)=C2CC(N3CCCC3)CN12. The van der Waals surface area contributed by atoms with E-state index in [1.807, 2.05) is 0 Å². The zero-order valence-corrected chi connectivity index (χ0v) is 11.2. The molecule has 0 aromatic heterocycles. The van der Waals surface area contributed by atoms with Crippen LogP contribution in [0, 0.1) is 0 Å². The smallest absolute Gasteiger partial charge is 0.101 e. The summed E-state index contributed by atoms with van der Waals surface area (Å²) in [6.07, 6.45) is 4.01. The monoisotopic (exact) mass is 233 g/mol. The standard InChI is InChI=1S/C14H23N3/c1-10-11(2)15-12(3)17-9-13(8-14(10)17)16-6-4-5-7-16/h11,13H,4-9H2,1-3H3. The van der Waals surface area contributed by atoms with E-state index in [1.165, 1.54) is 43.8 Å². The van der Waals surface area contributed by atoms with Gasteiger partial charge < -0.3 is 4.90 Å². The first-order chi connectivity index (χ1) is 8.16. The minimum Gasteiger partial charge on any atom is -0.332 e. The minimum absolute atomic E-state index is 0.388. The topological polar surface area (TPSA) is 18.8 Å². The van der Waals surface area contributed by atoms with Crippen molar-refractivity contribution >= 4 is 5.84 Å². The van der Waals surface area contributed by atoms with E-state index in [0.29, 0.717) is 6.04 Å². The van der Waals surface area contributed by atoms with Crippen LogP contribution in [0.1, 0.15) is 40.0 Å². The molecule has 0 aromatic carbocycles. The first-order valence-electron chi connectivity index (χ1n) is 6.92. The number of fused-ring (bicyclic) bond motifs is 1. The lowest BCUT2D eigenvalue weighted by Gasteiger charge is -2.29. The van der Waals surface area contributed by atoms with E-state index in [1.54, 1.807) is 5.70 Å². The Hall–Kier alpha value is -0.830. The lowest BCUT2D eigenvalue weighted by Crippen LogP contribution is -2.37. The van der Waals surface area contributed by atoms with Gasteiger partial charge in [-0.2, -0.15) is 0 Å². The third-order valence-electron chi connectivity index (χ3n) is 4.66. The molecule has 3 nitrogen and oxygen atoms in total. The van der Waals surface area contributed by atoms with Crippen molar-refractivity contribution in [2.24, 2.45) is 4.99 Å². The van der Waals surface area contributed by atoms with Gasteiger partial charge in [-0.25, -0.2) is 0 Å². The van der Waals surface area contributed by atoms with E-state index < -0.39 is 0 Å². The summed E-state index contributed by atoms with van der Waals surface area (Å²) >= 11 is 0. The highest BCUT2D eigenvalue weighted by Gasteiger charge is 2.36. The van der Waals surface area contributed by atoms with Gasteiger partial charge in [-0.3, -0.25) is 9.89 Å². The zero-order valence-electron chi connectivity index (χ0n) is 11.2. The van der Waals surface area contributed by atoms with E-state index in [9.17, 15) is 0 Å². The van der Waals surface area contributed by atoms with Crippen LogP contribution in [-0.4, -0.2) is 47.4 Å². The normalized spacial score (nSPS) is 34.3. The Morgan fingerprint density at radius 1 is 1.18 bits per heavy atom. The molecule has 0 N–H and O–H groups in total. The number of nitrogens with zero attached hydrogens (tertiary/aromatic N) is 3. The molecule has 17 heavy (non-hydrogen) atoms. The molecule has 0 aliphatic carbocycles. The van der Waals surface area contributed by atoms with Gasteiger partial charge in [-0.15, -0.1) is 0 Å². The van der Waals surface area contributed by atoms with E-state index in [0.717, 1.165) is 12.6 Å². The summed E-state index contributed by atoms with van der Waals surface area (Å²) in [5, 5.41) is 0. The molecule has 0 spiro atoms. The fourth-order valence-corrected chi connectivity index (χ4v) is 3.46. The highest BCUT2D eigenvalue weighted by molar-refractivity contribution is 5.83. The summed E-state index contributed by atoms with van der Waals surface area (Å²) in [6, 6.07) is 1.12. The number of aliphatic imine (C=N–C) groups is 1. The van der Waals surface area contributed by atoms with Gasteiger partial charge in [-0.1, -0.05) is 0 Å². The van der Waals surface area contributed by atoms with Crippen molar-refractivity contribution in [1.29, 1.82) is 0 Å². The van der Waals surface area contributed by atoms with Crippen LogP contribution in [0.25, 0.3) is 0 Å². The molecule has 2 atom stereocenters. The zero-order chi connectivity index (χ0) is 12.0. The first kappa shape index (κ1) is 11.3. The molecule has 2 unspecified atom stereocenters. The summed E-state index contributed by atoms with van der Waals surface area (Å²) in [6.45, 7) is 10.4. The Kier molecular flexibility index (Phi) is 2.74. The Morgan fingerprint density at radius 3 is 2.59 bits per heavy atom. The van der Waals surface area contributed by atoms with Gasteiger partial charge in [-0.05, 0) is 52.3 Å². The summed E-state index contributed by atoms with van der Waals surface area (Å²) in [4.78, 5) is 9.87. The molecule has 2 saturated heterocycles. The molecule has 3 rings (SSSR count). The molecule has 0 radical (unpaired) electrons. The van der Waals surface area contributed by atoms with Crippen molar-refractivity contribution in [3.8, 4) is 0 Å². The molecule has 3 aliphatic rings. The van der Waals surface area contributed by atoms with Crippen LogP contribution in [-0.2, 0) is 0 Å². The number of hydrogen-bond acceptors (Lipinski definition) is 3. The number of amidine groups is 1. The van der Waals surface area contributed by atoms with Crippen LogP contribution in [0.5, 0.6) is 0 Å². The molecule has 3 heterocycles. The molecule has 3 aliphatic heterocycles. The predicted molar refractivity (Wildman–Crippen MR) is 71.2 cm³/mol. The van der Waals surface area contributed by atoms with Crippen molar-refractivity contribution < 1.29 is 0 Å². The molecular weight excluding hydrogens is 210 g/mol. The van der Waals surface area contributed by atoms with E-state index in [4.69, 9.17) is 4.99 Å². The Bertz CT molecular complexity index is 377. The summed E-state index contributed by atoms with van der Waals surface area (Å²) in [5.74, 6) is 1.22. The predicted octanol–water partition coefficient (Wildman–Crippen LogP) is 2.25. The van der Waals surface area contributed by atoms with Gasteiger partial charge in [0.15, 0.2) is 0 Å². The maximum atomic E-state index is 4.73. The van der Waals surface area contributed by atoms with Crippen molar-refractivity contribution in [3.63, 3.8) is 0 Å². The van der Waals surface area contributed by atoms with Gasteiger partial charge in [0.25, 0.3) is 0 Å². The number of hydrogen-bond donors (Lipinski definition) is 0. The highest BCUT2D eigenvalue weighted by Crippen LogP contribution is 2.34. The minimum atomic E-state index is 0.388.